The number of anilines is 2. The zero-order valence-electron chi connectivity index (χ0n) is 10.5. The normalized spacial score (nSPS) is 11.4. The molecule has 1 unspecified atom stereocenters. The molecule has 0 aliphatic rings. The molecule has 1 aromatic carbocycles. The minimum Gasteiger partial charge on any atom is -0.481 e. The number of carboxylic acids is 2. The van der Waals surface area contributed by atoms with Gasteiger partial charge in [-0.15, -0.1) is 0 Å². The molecule has 0 radical (unpaired) electrons. The molecule has 0 saturated carbocycles. The van der Waals surface area contributed by atoms with Crippen LogP contribution in [0.4, 0.5) is 16.2 Å². The number of carbonyl (C=O) groups excluding carboxylic acids is 1. The molecule has 2 amide bonds. The smallest absolute Gasteiger partial charge is 0.326 e. The highest BCUT2D eigenvalue weighted by Crippen LogP contribution is 2.16. The van der Waals surface area contributed by atoms with E-state index in [2.05, 4.69) is 10.6 Å². The van der Waals surface area contributed by atoms with Gasteiger partial charge in [-0.25, -0.2) is 9.59 Å². The lowest BCUT2D eigenvalue weighted by Gasteiger charge is -2.15. The maximum Gasteiger partial charge on any atom is 0.326 e. The highest BCUT2D eigenvalue weighted by molar-refractivity contribution is 5.94. The van der Waals surface area contributed by atoms with E-state index in [1.165, 1.54) is 0 Å². The number of carbonyl (C=O) groups is 3. The summed E-state index contributed by atoms with van der Waals surface area (Å²) in [6.07, 6.45) is -0.562. The molecule has 8 nitrogen and oxygen atoms in total. The number of hydrogen-bond donors (Lipinski definition) is 5. The molecule has 0 bridgehead atoms. The molecule has 1 rings (SSSR count). The Balaban J connectivity index is 2.60. The van der Waals surface area contributed by atoms with E-state index in [4.69, 9.17) is 15.9 Å². The Morgan fingerprint density at radius 3 is 2.40 bits per heavy atom. The maximum absolute atomic E-state index is 11.6. The molecule has 0 aliphatic carbocycles. The van der Waals surface area contributed by atoms with E-state index in [0.717, 1.165) is 0 Å². The summed E-state index contributed by atoms with van der Waals surface area (Å²) in [6, 6.07) is 4.43. The Morgan fingerprint density at radius 2 is 1.85 bits per heavy atom. The van der Waals surface area contributed by atoms with Gasteiger partial charge in [-0.2, -0.15) is 0 Å². The lowest BCUT2D eigenvalue weighted by molar-refractivity contribution is -0.140. The van der Waals surface area contributed by atoms with Crippen molar-refractivity contribution < 1.29 is 24.6 Å². The predicted molar refractivity (Wildman–Crippen MR) is 71.3 cm³/mol. The van der Waals surface area contributed by atoms with Crippen LogP contribution in [-0.2, 0) is 9.59 Å². The van der Waals surface area contributed by atoms with Crippen LogP contribution in [0.15, 0.2) is 24.3 Å². The molecule has 0 heterocycles. The number of hydrogen-bond acceptors (Lipinski definition) is 4. The van der Waals surface area contributed by atoms with E-state index in [9.17, 15) is 14.4 Å². The minimum absolute atomic E-state index is 0.206. The Hall–Kier alpha value is -2.77. The van der Waals surface area contributed by atoms with Gasteiger partial charge in [0.25, 0.3) is 0 Å². The fourth-order valence-electron chi connectivity index (χ4n) is 1.45. The van der Waals surface area contributed by atoms with Crippen LogP contribution in [-0.4, -0.2) is 34.2 Å². The summed E-state index contributed by atoms with van der Waals surface area (Å²) in [5.74, 6) is -2.44. The van der Waals surface area contributed by atoms with Crippen LogP contribution in [0.1, 0.15) is 12.8 Å². The molecule has 0 saturated heterocycles. The zero-order chi connectivity index (χ0) is 15.1. The van der Waals surface area contributed by atoms with E-state index in [1.807, 2.05) is 0 Å². The third-order valence-electron chi connectivity index (χ3n) is 2.46. The van der Waals surface area contributed by atoms with Crippen LogP contribution in [0.3, 0.4) is 0 Å². The second-order valence-corrected chi connectivity index (χ2v) is 4.01. The predicted octanol–water partition coefficient (Wildman–Crippen LogP) is 0.708. The van der Waals surface area contributed by atoms with Crippen molar-refractivity contribution in [1.82, 2.24) is 5.32 Å². The highest BCUT2D eigenvalue weighted by atomic mass is 16.4. The van der Waals surface area contributed by atoms with Crippen molar-refractivity contribution in [2.24, 2.45) is 0 Å². The standard InChI is InChI=1S/C12H15N3O5/c13-7-3-1-2-4-8(7)14-12(20)15-9(11(18)19)5-6-10(16)17/h1-4,9H,5-6,13H2,(H,16,17)(H,18,19)(H2,14,15,20). The molecule has 1 aromatic rings. The monoisotopic (exact) mass is 281 g/mol. The van der Waals surface area contributed by atoms with E-state index in [-0.39, 0.29) is 12.8 Å². The van der Waals surface area contributed by atoms with Gasteiger partial charge in [-0.1, -0.05) is 12.1 Å². The first-order chi connectivity index (χ1) is 9.40. The second kappa shape index (κ2) is 6.98. The van der Waals surface area contributed by atoms with Gasteiger partial charge in [0.05, 0.1) is 11.4 Å². The number of amides is 2. The topological polar surface area (TPSA) is 142 Å². The van der Waals surface area contributed by atoms with Gasteiger partial charge in [-0.3, -0.25) is 4.79 Å². The van der Waals surface area contributed by atoms with Gasteiger partial charge in [-0.05, 0) is 18.6 Å². The van der Waals surface area contributed by atoms with Crippen LogP contribution >= 0.6 is 0 Å². The second-order valence-electron chi connectivity index (χ2n) is 4.01. The van der Waals surface area contributed by atoms with Gasteiger partial charge in [0.15, 0.2) is 0 Å². The largest absolute Gasteiger partial charge is 0.481 e. The molecule has 0 spiro atoms. The van der Waals surface area contributed by atoms with Crippen molar-refractivity contribution in [3.05, 3.63) is 24.3 Å². The van der Waals surface area contributed by atoms with Crippen molar-refractivity contribution in [2.45, 2.75) is 18.9 Å². The van der Waals surface area contributed by atoms with Gasteiger partial charge >= 0.3 is 18.0 Å². The number of para-hydroxylation sites is 2. The van der Waals surface area contributed by atoms with Gasteiger partial charge in [0, 0.05) is 6.42 Å². The lowest BCUT2D eigenvalue weighted by Crippen LogP contribution is -2.43. The highest BCUT2D eigenvalue weighted by Gasteiger charge is 2.21. The first kappa shape index (κ1) is 15.3. The number of nitrogen functional groups attached to an aromatic ring is 1. The maximum atomic E-state index is 11.6. The summed E-state index contributed by atoms with van der Waals surface area (Å²) >= 11 is 0. The average molecular weight is 281 g/mol. The molecule has 108 valence electrons. The summed E-state index contributed by atoms with van der Waals surface area (Å²) in [5, 5.41) is 22.0. The van der Waals surface area contributed by atoms with Crippen LogP contribution in [0, 0.1) is 0 Å². The van der Waals surface area contributed by atoms with Gasteiger partial charge in [0.2, 0.25) is 0 Å². The first-order valence-corrected chi connectivity index (χ1v) is 5.76. The third kappa shape index (κ3) is 4.84. The number of aliphatic carboxylic acids is 2. The van der Waals surface area contributed by atoms with Crippen molar-refractivity contribution in [3.63, 3.8) is 0 Å². The molecule has 8 heteroatoms. The van der Waals surface area contributed by atoms with Crippen LogP contribution in [0.2, 0.25) is 0 Å². The summed E-state index contributed by atoms with van der Waals surface area (Å²) in [4.78, 5) is 33.0. The fraction of sp³-hybridized carbons (Fsp3) is 0.250. The summed E-state index contributed by atoms with van der Waals surface area (Å²) < 4.78 is 0. The molecule has 0 aliphatic heterocycles. The van der Waals surface area contributed by atoms with Crippen molar-refractivity contribution in [1.29, 1.82) is 0 Å². The summed E-state index contributed by atoms with van der Waals surface area (Å²) in [7, 11) is 0. The van der Waals surface area contributed by atoms with E-state index in [1.54, 1.807) is 24.3 Å². The van der Waals surface area contributed by atoms with Crippen LogP contribution in [0.25, 0.3) is 0 Å². The van der Waals surface area contributed by atoms with Crippen molar-refractivity contribution >= 4 is 29.3 Å². The molecule has 1 atom stereocenters. The average Bonchev–Trinajstić information content (AvgIpc) is 2.36. The van der Waals surface area contributed by atoms with Gasteiger partial charge in [0.1, 0.15) is 6.04 Å². The fourth-order valence-corrected chi connectivity index (χ4v) is 1.45. The Bertz CT molecular complexity index is 518. The molecular formula is C12H15N3O5. The van der Waals surface area contributed by atoms with Crippen molar-refractivity contribution in [2.75, 3.05) is 11.1 Å². The van der Waals surface area contributed by atoms with E-state index >= 15 is 0 Å². The molecular weight excluding hydrogens is 266 g/mol. The minimum atomic E-state index is -1.30. The van der Waals surface area contributed by atoms with Crippen LogP contribution in [0.5, 0.6) is 0 Å². The van der Waals surface area contributed by atoms with Gasteiger partial charge < -0.3 is 26.6 Å². The Labute approximate surface area is 114 Å². The Kier molecular flexibility index (Phi) is 5.33. The molecule has 0 fully saturated rings. The molecule has 6 N–H and O–H groups in total. The quantitative estimate of drug-likeness (QED) is 0.486. The zero-order valence-corrected chi connectivity index (χ0v) is 10.5. The van der Waals surface area contributed by atoms with E-state index in [0.29, 0.717) is 11.4 Å². The molecule has 20 heavy (non-hydrogen) atoms. The number of benzene rings is 1. The number of rotatable bonds is 6. The van der Waals surface area contributed by atoms with E-state index < -0.39 is 24.0 Å². The van der Waals surface area contributed by atoms with Crippen LogP contribution < -0.4 is 16.4 Å². The summed E-state index contributed by atoms with van der Waals surface area (Å²) in [5.41, 5.74) is 6.29. The van der Waals surface area contributed by atoms with Crippen molar-refractivity contribution in [3.8, 4) is 0 Å². The SMILES string of the molecule is Nc1ccccc1NC(=O)NC(CCC(=O)O)C(=O)O. The first-order valence-electron chi connectivity index (χ1n) is 5.76. The lowest BCUT2D eigenvalue weighted by atomic mass is 10.1. The Morgan fingerprint density at radius 1 is 1.20 bits per heavy atom. The number of urea groups is 1. The molecule has 0 aromatic heterocycles. The number of nitrogens with one attached hydrogen (secondary N) is 2. The number of carboxylic acid groups (broad SMARTS) is 2. The summed E-state index contributed by atoms with van der Waals surface area (Å²) in [6.45, 7) is 0. The third-order valence-corrected chi connectivity index (χ3v) is 2.46. The number of nitrogens with two attached hydrogens (primary N) is 1.